The maximum absolute atomic E-state index is 12.9. The Balaban J connectivity index is 4.29. The summed E-state index contributed by atoms with van der Waals surface area (Å²) in [5.74, 6) is -0.192. The van der Waals surface area contributed by atoms with E-state index in [2.05, 4.69) is 55.6 Å². The number of carbonyl (C=O) groups is 1. The molecule has 0 heterocycles. The average molecular weight is 810 g/mol. The number of likely N-dealkylation sites (N-methyl/N-ethyl adjacent to an activating group) is 1. The highest BCUT2D eigenvalue weighted by Crippen LogP contribution is 2.43. The van der Waals surface area contributed by atoms with Crippen LogP contribution in [0.5, 0.6) is 0 Å². The molecule has 56 heavy (non-hydrogen) atoms. The van der Waals surface area contributed by atoms with Gasteiger partial charge >= 0.3 is 7.82 Å². The van der Waals surface area contributed by atoms with Crippen LogP contribution in [0, 0.1) is 0 Å². The maximum Gasteiger partial charge on any atom is 0.472 e. The zero-order valence-electron chi connectivity index (χ0n) is 37.1. The van der Waals surface area contributed by atoms with Gasteiger partial charge in [-0.25, -0.2) is 4.57 Å². The summed E-state index contributed by atoms with van der Waals surface area (Å²) in [6.45, 7) is 4.75. The van der Waals surface area contributed by atoms with Gasteiger partial charge in [0.2, 0.25) is 5.91 Å². The number of hydrogen-bond acceptors (Lipinski definition) is 5. The molecule has 0 fully saturated rings. The largest absolute Gasteiger partial charge is 0.472 e. The van der Waals surface area contributed by atoms with Crippen LogP contribution in [0.25, 0.3) is 0 Å². The predicted molar refractivity (Wildman–Crippen MR) is 240 cm³/mol. The van der Waals surface area contributed by atoms with Crippen LogP contribution in [-0.4, -0.2) is 73.4 Å². The van der Waals surface area contributed by atoms with E-state index < -0.39 is 20.0 Å². The normalized spacial score (nSPS) is 14.8. The number of hydrogen-bond donors (Lipinski definition) is 3. The van der Waals surface area contributed by atoms with Crippen molar-refractivity contribution in [2.75, 3.05) is 40.9 Å². The molecule has 3 atom stereocenters. The lowest BCUT2D eigenvalue weighted by atomic mass is 10.0. The molecular formula is C47H90N2O6P+. The van der Waals surface area contributed by atoms with Gasteiger partial charge in [0.1, 0.15) is 13.2 Å². The van der Waals surface area contributed by atoms with Gasteiger partial charge in [0.05, 0.1) is 39.9 Å². The van der Waals surface area contributed by atoms with Gasteiger partial charge in [-0.2, -0.15) is 0 Å². The van der Waals surface area contributed by atoms with Crippen LogP contribution in [0.3, 0.4) is 0 Å². The highest BCUT2D eigenvalue weighted by Gasteiger charge is 2.27. The molecule has 9 heteroatoms. The van der Waals surface area contributed by atoms with Crippen LogP contribution in [-0.2, 0) is 18.4 Å². The van der Waals surface area contributed by atoms with Crippen molar-refractivity contribution in [1.82, 2.24) is 5.32 Å². The summed E-state index contributed by atoms with van der Waals surface area (Å²) in [5, 5.41) is 13.8. The second-order valence-electron chi connectivity index (χ2n) is 16.8. The molecule has 8 nitrogen and oxygen atoms in total. The second-order valence-corrected chi connectivity index (χ2v) is 18.2. The van der Waals surface area contributed by atoms with Gasteiger partial charge in [0.15, 0.2) is 0 Å². The molecule has 0 aromatic heterocycles. The van der Waals surface area contributed by atoms with E-state index in [-0.39, 0.29) is 19.1 Å². The summed E-state index contributed by atoms with van der Waals surface area (Å²) in [5.41, 5.74) is 0. The average Bonchev–Trinajstić information content (AvgIpc) is 3.15. The number of amides is 1. The molecule has 0 rings (SSSR count). The maximum atomic E-state index is 12.9. The smallest absolute Gasteiger partial charge is 0.387 e. The number of aliphatic hydroxyl groups excluding tert-OH is 1. The van der Waals surface area contributed by atoms with Crippen LogP contribution in [0.15, 0.2) is 48.6 Å². The first-order valence-electron chi connectivity index (χ1n) is 23.0. The summed E-state index contributed by atoms with van der Waals surface area (Å²) in [7, 11) is 1.55. The molecule has 0 bridgehead atoms. The molecule has 3 N–H and O–H groups in total. The first-order valence-corrected chi connectivity index (χ1v) is 24.5. The summed E-state index contributed by atoms with van der Waals surface area (Å²) in [6.07, 6.45) is 49.0. The minimum atomic E-state index is -4.34. The van der Waals surface area contributed by atoms with E-state index in [4.69, 9.17) is 9.05 Å². The lowest BCUT2D eigenvalue weighted by Crippen LogP contribution is -2.45. The summed E-state index contributed by atoms with van der Waals surface area (Å²) < 4.78 is 23.5. The summed E-state index contributed by atoms with van der Waals surface area (Å²) in [4.78, 5) is 23.1. The fraction of sp³-hybridized carbons (Fsp3) is 0.809. The number of rotatable bonds is 41. The van der Waals surface area contributed by atoms with Crippen molar-refractivity contribution in [3.05, 3.63) is 48.6 Å². The molecule has 3 unspecified atom stereocenters. The van der Waals surface area contributed by atoms with Crippen molar-refractivity contribution in [2.45, 2.75) is 206 Å². The van der Waals surface area contributed by atoms with E-state index in [1.54, 1.807) is 6.08 Å². The third-order valence-corrected chi connectivity index (χ3v) is 11.0. The highest BCUT2D eigenvalue weighted by molar-refractivity contribution is 7.47. The lowest BCUT2D eigenvalue weighted by molar-refractivity contribution is -0.870. The number of aliphatic hydroxyl groups is 1. The first kappa shape index (κ1) is 54.5. The summed E-state index contributed by atoms with van der Waals surface area (Å²) >= 11 is 0. The Bertz CT molecular complexity index is 1050. The van der Waals surface area contributed by atoms with Crippen LogP contribution in [0.4, 0.5) is 0 Å². The topological polar surface area (TPSA) is 105 Å². The Kier molecular flexibility index (Phi) is 37.9. The molecular weight excluding hydrogens is 719 g/mol. The van der Waals surface area contributed by atoms with Crippen molar-refractivity contribution < 1.29 is 32.9 Å². The Morgan fingerprint density at radius 2 is 1.04 bits per heavy atom. The number of allylic oxidation sites excluding steroid dienone is 7. The first-order chi connectivity index (χ1) is 27.0. The molecule has 0 aliphatic rings. The predicted octanol–water partition coefficient (Wildman–Crippen LogP) is 12.9. The van der Waals surface area contributed by atoms with Crippen LogP contribution < -0.4 is 5.32 Å². The van der Waals surface area contributed by atoms with Crippen molar-refractivity contribution in [1.29, 1.82) is 0 Å². The zero-order chi connectivity index (χ0) is 41.4. The quantitative estimate of drug-likeness (QED) is 0.0246. The fourth-order valence-corrected chi connectivity index (χ4v) is 7.06. The molecule has 0 spiro atoms. The van der Waals surface area contributed by atoms with E-state index in [9.17, 15) is 19.4 Å². The Labute approximate surface area is 346 Å². The molecule has 328 valence electrons. The minimum absolute atomic E-state index is 0.0546. The molecule has 1 amide bonds. The number of nitrogens with zero attached hydrogens (tertiary/aromatic N) is 1. The number of quaternary nitrogens is 1. The monoisotopic (exact) mass is 810 g/mol. The lowest BCUT2D eigenvalue weighted by Gasteiger charge is -2.25. The SMILES string of the molecule is CCCCCCC/C=C\C/C=C\CCCCCCCCCCCCCC(=O)NC(COP(=O)(O)OCC[N+](C)(C)C)C(O)/C=C/CC/C=C/CCCCCCC. The second kappa shape index (κ2) is 38.9. The molecule has 0 radical (unpaired) electrons. The molecule has 0 aromatic carbocycles. The van der Waals surface area contributed by atoms with Gasteiger partial charge < -0.3 is 19.8 Å². The standard InChI is InChI=1S/C47H89N2O6P/c1-6-8-10-12-14-16-18-19-20-21-22-23-24-25-26-27-28-29-31-33-35-37-39-41-47(51)48-45(44-55-56(52,53)54-43-42-49(3,4)5)46(50)40-38-36-34-32-30-17-15-13-11-9-7-2/h18-19,21-22,30,32,38,40,45-46,50H,6-17,20,23-29,31,33-37,39,41-44H2,1-5H3,(H-,48,51,52,53)/p+1/b19-18-,22-21-,32-30+,40-38+. The van der Waals surface area contributed by atoms with Crippen molar-refractivity contribution >= 4 is 13.7 Å². The van der Waals surface area contributed by atoms with Crippen LogP contribution in [0.1, 0.15) is 194 Å². The zero-order valence-corrected chi connectivity index (χ0v) is 38.0. The fourth-order valence-electron chi connectivity index (χ4n) is 6.32. The molecule has 0 aliphatic heterocycles. The number of carbonyl (C=O) groups excluding carboxylic acids is 1. The Morgan fingerprint density at radius 3 is 1.54 bits per heavy atom. The van der Waals surface area contributed by atoms with Gasteiger partial charge in [0, 0.05) is 6.42 Å². The van der Waals surface area contributed by atoms with Crippen LogP contribution in [0.2, 0.25) is 0 Å². The molecule has 0 aromatic rings. The number of phosphoric acid groups is 1. The third-order valence-electron chi connectivity index (χ3n) is 10.0. The molecule has 0 saturated carbocycles. The highest BCUT2D eigenvalue weighted by atomic mass is 31.2. The van der Waals surface area contributed by atoms with Crippen molar-refractivity contribution in [2.24, 2.45) is 0 Å². The Morgan fingerprint density at radius 1 is 0.607 bits per heavy atom. The minimum Gasteiger partial charge on any atom is -0.387 e. The van der Waals surface area contributed by atoms with Crippen molar-refractivity contribution in [3.8, 4) is 0 Å². The number of unbranched alkanes of at least 4 members (excludes halogenated alkanes) is 22. The van der Waals surface area contributed by atoms with Crippen molar-refractivity contribution in [3.63, 3.8) is 0 Å². The van der Waals surface area contributed by atoms with E-state index in [1.807, 2.05) is 27.2 Å². The molecule has 0 saturated heterocycles. The van der Waals surface area contributed by atoms with Gasteiger partial charge in [-0.15, -0.1) is 0 Å². The van der Waals surface area contributed by atoms with E-state index in [1.165, 1.54) is 128 Å². The molecule has 0 aliphatic carbocycles. The van der Waals surface area contributed by atoms with E-state index in [0.29, 0.717) is 17.4 Å². The van der Waals surface area contributed by atoms with Gasteiger partial charge in [-0.3, -0.25) is 13.8 Å². The van der Waals surface area contributed by atoms with Gasteiger partial charge in [-0.05, 0) is 64.2 Å². The van der Waals surface area contributed by atoms with E-state index >= 15 is 0 Å². The number of phosphoric ester groups is 1. The Hall–Kier alpha value is -1.54. The van der Waals surface area contributed by atoms with Gasteiger partial charge in [0.25, 0.3) is 0 Å². The summed E-state index contributed by atoms with van der Waals surface area (Å²) in [6, 6.07) is -0.863. The number of nitrogens with one attached hydrogen (secondary N) is 1. The van der Waals surface area contributed by atoms with Gasteiger partial charge in [-0.1, -0.05) is 172 Å². The van der Waals surface area contributed by atoms with E-state index in [0.717, 1.165) is 44.9 Å². The third kappa shape index (κ3) is 40.6. The van der Waals surface area contributed by atoms with Crippen LogP contribution >= 0.6 is 7.82 Å².